The SMILES string of the molecule is CCNc1cc(C(=O)NCCCOC)cc(C(C)(C)C)n1. The van der Waals surface area contributed by atoms with E-state index in [0.29, 0.717) is 18.7 Å². The van der Waals surface area contributed by atoms with Gasteiger partial charge in [-0.3, -0.25) is 4.79 Å². The molecule has 0 bridgehead atoms. The smallest absolute Gasteiger partial charge is 0.251 e. The summed E-state index contributed by atoms with van der Waals surface area (Å²) in [5.74, 6) is 0.671. The van der Waals surface area contributed by atoms with Crippen molar-refractivity contribution < 1.29 is 9.53 Å². The van der Waals surface area contributed by atoms with Crippen molar-refractivity contribution in [1.29, 1.82) is 0 Å². The topological polar surface area (TPSA) is 63.2 Å². The van der Waals surface area contributed by atoms with Crippen LogP contribution in [-0.2, 0) is 10.2 Å². The Balaban J connectivity index is 2.89. The number of anilines is 1. The summed E-state index contributed by atoms with van der Waals surface area (Å²) in [5, 5.41) is 6.09. The molecule has 0 unspecified atom stereocenters. The van der Waals surface area contributed by atoms with E-state index in [9.17, 15) is 4.79 Å². The fourth-order valence-corrected chi connectivity index (χ4v) is 1.84. The molecule has 0 saturated carbocycles. The molecule has 0 fully saturated rings. The number of carbonyl (C=O) groups is 1. The Morgan fingerprint density at radius 1 is 1.33 bits per heavy atom. The lowest BCUT2D eigenvalue weighted by Gasteiger charge is -2.20. The number of pyridine rings is 1. The van der Waals surface area contributed by atoms with Gasteiger partial charge in [-0.15, -0.1) is 0 Å². The van der Waals surface area contributed by atoms with Crippen LogP contribution in [0, 0.1) is 0 Å². The summed E-state index contributed by atoms with van der Waals surface area (Å²) in [7, 11) is 1.66. The van der Waals surface area contributed by atoms with Crippen molar-refractivity contribution in [2.75, 3.05) is 32.1 Å². The second kappa shape index (κ2) is 7.98. The quantitative estimate of drug-likeness (QED) is 0.758. The zero-order valence-corrected chi connectivity index (χ0v) is 13.7. The van der Waals surface area contributed by atoms with Gasteiger partial charge in [-0.2, -0.15) is 0 Å². The van der Waals surface area contributed by atoms with Crippen LogP contribution in [0.5, 0.6) is 0 Å². The van der Waals surface area contributed by atoms with Crippen molar-refractivity contribution >= 4 is 11.7 Å². The fraction of sp³-hybridized carbons (Fsp3) is 0.625. The second-order valence-corrected chi connectivity index (χ2v) is 6.01. The van der Waals surface area contributed by atoms with Crippen molar-refractivity contribution in [3.8, 4) is 0 Å². The third kappa shape index (κ3) is 5.71. The number of rotatable bonds is 7. The average Bonchev–Trinajstić information content (AvgIpc) is 2.42. The molecule has 0 aliphatic heterocycles. The van der Waals surface area contributed by atoms with Gasteiger partial charge >= 0.3 is 0 Å². The van der Waals surface area contributed by atoms with Crippen molar-refractivity contribution in [3.63, 3.8) is 0 Å². The lowest BCUT2D eigenvalue weighted by Crippen LogP contribution is -2.26. The molecule has 0 aliphatic carbocycles. The lowest BCUT2D eigenvalue weighted by atomic mass is 9.90. The van der Waals surface area contributed by atoms with Crippen LogP contribution < -0.4 is 10.6 Å². The number of carbonyl (C=O) groups excluding carboxylic acids is 1. The van der Waals surface area contributed by atoms with Gasteiger partial charge < -0.3 is 15.4 Å². The first-order valence-electron chi connectivity index (χ1n) is 7.42. The molecule has 1 rings (SSSR count). The summed E-state index contributed by atoms with van der Waals surface area (Å²) in [6.45, 7) is 10.3. The molecule has 21 heavy (non-hydrogen) atoms. The molecule has 0 saturated heterocycles. The van der Waals surface area contributed by atoms with E-state index >= 15 is 0 Å². The Kier molecular flexibility index (Phi) is 6.62. The normalized spacial score (nSPS) is 11.3. The number of ether oxygens (including phenoxy) is 1. The van der Waals surface area contributed by atoms with Gasteiger partial charge in [0.2, 0.25) is 0 Å². The highest BCUT2D eigenvalue weighted by Gasteiger charge is 2.19. The Bertz CT molecular complexity index is 467. The molecule has 5 nitrogen and oxygen atoms in total. The third-order valence-electron chi connectivity index (χ3n) is 3.02. The lowest BCUT2D eigenvalue weighted by molar-refractivity contribution is 0.0948. The highest BCUT2D eigenvalue weighted by atomic mass is 16.5. The molecule has 118 valence electrons. The van der Waals surface area contributed by atoms with E-state index in [0.717, 1.165) is 24.5 Å². The number of amides is 1. The molecular formula is C16H27N3O2. The van der Waals surface area contributed by atoms with Crippen molar-refractivity contribution in [3.05, 3.63) is 23.4 Å². The number of methoxy groups -OCH3 is 1. The number of nitrogens with zero attached hydrogens (tertiary/aromatic N) is 1. The van der Waals surface area contributed by atoms with Crippen molar-refractivity contribution in [2.45, 2.75) is 39.5 Å². The molecule has 1 heterocycles. The Morgan fingerprint density at radius 3 is 2.62 bits per heavy atom. The van der Waals surface area contributed by atoms with Crippen LogP contribution >= 0.6 is 0 Å². The molecule has 0 aliphatic rings. The molecule has 5 heteroatoms. The van der Waals surface area contributed by atoms with Crippen LogP contribution in [0.15, 0.2) is 12.1 Å². The van der Waals surface area contributed by atoms with Crippen LogP contribution in [0.25, 0.3) is 0 Å². The maximum atomic E-state index is 12.2. The standard InChI is InChI=1S/C16H27N3O2/c1-6-17-14-11-12(10-13(19-14)16(2,3)4)15(20)18-8-7-9-21-5/h10-11H,6-9H2,1-5H3,(H,17,19)(H,18,20). The van der Waals surface area contributed by atoms with Gasteiger partial charge in [-0.05, 0) is 25.5 Å². The molecular weight excluding hydrogens is 266 g/mol. The fourth-order valence-electron chi connectivity index (χ4n) is 1.84. The minimum atomic E-state index is -0.101. The van der Waals surface area contributed by atoms with Crippen LogP contribution in [0.4, 0.5) is 5.82 Å². The predicted octanol–water partition coefficient (Wildman–Crippen LogP) is 2.58. The monoisotopic (exact) mass is 293 g/mol. The first-order chi connectivity index (χ1) is 9.88. The molecule has 0 spiro atoms. The highest BCUT2D eigenvalue weighted by molar-refractivity contribution is 5.95. The van der Waals surface area contributed by atoms with Gasteiger partial charge in [0.1, 0.15) is 5.82 Å². The van der Waals surface area contributed by atoms with Crippen LogP contribution in [-0.4, -0.2) is 37.7 Å². The number of nitrogens with one attached hydrogen (secondary N) is 2. The molecule has 1 aromatic rings. The minimum absolute atomic E-state index is 0.0712. The van der Waals surface area contributed by atoms with Gasteiger partial charge in [0, 0.05) is 43.5 Å². The zero-order chi connectivity index (χ0) is 15.9. The molecule has 1 aromatic heterocycles. The number of hydrogen-bond donors (Lipinski definition) is 2. The van der Waals surface area contributed by atoms with E-state index in [-0.39, 0.29) is 11.3 Å². The summed E-state index contributed by atoms with van der Waals surface area (Å²) in [6, 6.07) is 3.66. The maximum Gasteiger partial charge on any atom is 0.251 e. The molecule has 0 atom stereocenters. The van der Waals surface area contributed by atoms with Gasteiger partial charge in [0.25, 0.3) is 5.91 Å². The van der Waals surface area contributed by atoms with Crippen LogP contribution in [0.1, 0.15) is 50.2 Å². The van der Waals surface area contributed by atoms with Gasteiger partial charge in [0.05, 0.1) is 0 Å². The largest absolute Gasteiger partial charge is 0.385 e. The summed E-state index contributed by atoms with van der Waals surface area (Å²) in [5.41, 5.74) is 1.45. The highest BCUT2D eigenvalue weighted by Crippen LogP contribution is 2.23. The van der Waals surface area contributed by atoms with E-state index in [1.807, 2.05) is 13.0 Å². The van der Waals surface area contributed by atoms with E-state index in [1.165, 1.54) is 0 Å². The molecule has 0 aromatic carbocycles. The number of aromatic nitrogens is 1. The van der Waals surface area contributed by atoms with Gasteiger partial charge in [-0.1, -0.05) is 20.8 Å². The first kappa shape index (κ1) is 17.4. The predicted molar refractivity (Wildman–Crippen MR) is 85.9 cm³/mol. The number of hydrogen-bond acceptors (Lipinski definition) is 4. The van der Waals surface area contributed by atoms with E-state index < -0.39 is 0 Å². The van der Waals surface area contributed by atoms with Crippen LogP contribution in [0.3, 0.4) is 0 Å². The van der Waals surface area contributed by atoms with E-state index in [1.54, 1.807) is 13.2 Å². The van der Waals surface area contributed by atoms with Gasteiger partial charge in [-0.25, -0.2) is 4.98 Å². The first-order valence-corrected chi connectivity index (χ1v) is 7.42. The summed E-state index contributed by atoms with van der Waals surface area (Å²) in [4.78, 5) is 16.8. The summed E-state index contributed by atoms with van der Waals surface area (Å²) < 4.78 is 4.97. The summed E-state index contributed by atoms with van der Waals surface area (Å²) in [6.07, 6.45) is 0.805. The zero-order valence-electron chi connectivity index (χ0n) is 13.7. The van der Waals surface area contributed by atoms with Crippen LogP contribution in [0.2, 0.25) is 0 Å². The Hall–Kier alpha value is -1.62. The summed E-state index contributed by atoms with van der Waals surface area (Å²) >= 11 is 0. The van der Waals surface area contributed by atoms with E-state index in [2.05, 4.69) is 36.4 Å². The molecule has 2 N–H and O–H groups in total. The maximum absolute atomic E-state index is 12.2. The van der Waals surface area contributed by atoms with E-state index in [4.69, 9.17) is 4.74 Å². The van der Waals surface area contributed by atoms with Crippen molar-refractivity contribution in [2.24, 2.45) is 0 Å². The molecule has 0 radical (unpaired) electrons. The Labute approximate surface area is 127 Å². The van der Waals surface area contributed by atoms with Gasteiger partial charge in [0.15, 0.2) is 0 Å². The third-order valence-corrected chi connectivity index (χ3v) is 3.02. The van der Waals surface area contributed by atoms with Crippen molar-refractivity contribution in [1.82, 2.24) is 10.3 Å². The molecule has 1 amide bonds. The second-order valence-electron chi connectivity index (χ2n) is 6.01. The average molecular weight is 293 g/mol. The minimum Gasteiger partial charge on any atom is -0.385 e. The Morgan fingerprint density at radius 2 is 2.05 bits per heavy atom.